The number of ether oxygens (including phenoxy) is 6. The smallest absolute Gasteiger partial charge is 0.332 e. The first-order chi connectivity index (χ1) is 33.3. The van der Waals surface area contributed by atoms with E-state index in [4.69, 9.17) is 28.4 Å². The molecule has 14 unspecified atom stereocenters. The van der Waals surface area contributed by atoms with Gasteiger partial charge in [0.1, 0.15) is 36.6 Å². The molecule has 15 atom stereocenters. The average Bonchev–Trinajstić information content (AvgIpc) is 3.33. The molecule has 5 aliphatic rings. The molecule has 3 heterocycles. The van der Waals surface area contributed by atoms with Gasteiger partial charge in [-0.15, -0.1) is 0 Å². The number of aryl methyl sites for hydroxylation is 1. The van der Waals surface area contributed by atoms with Crippen LogP contribution >= 0.6 is 0 Å². The lowest BCUT2D eigenvalue weighted by atomic mass is 9.76. The summed E-state index contributed by atoms with van der Waals surface area (Å²) in [4.78, 5) is 27.9. The van der Waals surface area contributed by atoms with E-state index in [2.05, 4.69) is 45.1 Å². The third kappa shape index (κ3) is 17.1. The zero-order valence-electron chi connectivity index (χ0n) is 41.4. The second-order valence-corrected chi connectivity index (χ2v) is 20.5. The van der Waals surface area contributed by atoms with Crippen LogP contribution < -0.4 is 16.0 Å². The number of rotatable bonds is 18. The van der Waals surface area contributed by atoms with E-state index in [0.29, 0.717) is 6.42 Å². The summed E-state index contributed by atoms with van der Waals surface area (Å²) in [6, 6.07) is 8.99. The van der Waals surface area contributed by atoms with Gasteiger partial charge in [-0.05, 0) is 107 Å². The van der Waals surface area contributed by atoms with Gasteiger partial charge in [-0.25, -0.2) is 4.79 Å². The third-order valence-corrected chi connectivity index (χ3v) is 15.0. The lowest BCUT2D eigenvalue weighted by Crippen LogP contribution is -2.64. The Labute approximate surface area is 409 Å². The molecule has 0 amide bonds. The number of carbonyl (C=O) groups excluding carboxylic acids is 1. The van der Waals surface area contributed by atoms with Crippen molar-refractivity contribution in [1.29, 1.82) is 0 Å². The van der Waals surface area contributed by atoms with Crippen molar-refractivity contribution in [3.05, 3.63) is 35.4 Å². The molecular weight excluding hydrogens is 893 g/mol. The highest BCUT2D eigenvalue weighted by molar-refractivity contribution is 5.72. The molecule has 0 bridgehead atoms. The molecular formula is C51H86N4O14. The largest absolute Gasteiger partial charge is 0.479 e. The minimum Gasteiger partial charge on any atom is -0.479 e. The average molecular weight is 979 g/mol. The predicted molar refractivity (Wildman–Crippen MR) is 256 cm³/mol. The number of aliphatic carboxylic acids is 1. The number of carbonyl (C=O) groups is 2. The zero-order valence-corrected chi connectivity index (χ0v) is 41.4. The van der Waals surface area contributed by atoms with Crippen molar-refractivity contribution in [1.82, 2.24) is 20.9 Å². The molecule has 2 saturated carbocycles. The molecule has 2 aliphatic carbocycles. The van der Waals surface area contributed by atoms with Gasteiger partial charge in [0.25, 0.3) is 0 Å². The van der Waals surface area contributed by atoms with E-state index in [0.717, 1.165) is 136 Å². The van der Waals surface area contributed by atoms with Gasteiger partial charge in [0.2, 0.25) is 0 Å². The van der Waals surface area contributed by atoms with Crippen LogP contribution in [-0.2, 0) is 51.0 Å². The molecule has 0 radical (unpaired) electrons. The fourth-order valence-electron chi connectivity index (χ4n) is 11.0. The second-order valence-electron chi connectivity index (χ2n) is 20.5. The molecule has 5 fully saturated rings. The molecule has 3 aliphatic heterocycles. The summed E-state index contributed by atoms with van der Waals surface area (Å²) in [7, 11) is 0. The van der Waals surface area contributed by atoms with E-state index in [-0.39, 0.29) is 24.2 Å². The topological polar surface area (TPSA) is 250 Å². The summed E-state index contributed by atoms with van der Waals surface area (Å²) < 4.78 is 37.2. The van der Waals surface area contributed by atoms with Crippen LogP contribution in [0.4, 0.5) is 0 Å². The molecule has 18 nitrogen and oxygen atoms in total. The van der Waals surface area contributed by atoms with Gasteiger partial charge in [-0.2, -0.15) is 0 Å². The highest BCUT2D eigenvalue weighted by Gasteiger charge is 2.53. The first-order valence-corrected chi connectivity index (χ1v) is 26.2. The van der Waals surface area contributed by atoms with Gasteiger partial charge in [0.05, 0.1) is 24.9 Å². The standard InChI is InChI=1S/C51H86N4O14/c1-32-27-38(14-8-7-11-35-15-17-37(18-16-35)30-55-25-10-21-53-23-22-52-19-9-20-54-24-26-55)29-39(46(32)69-50-45(61)44(60)42(58)33(2)64-50)67-51-48(65-34(3)57)47(43(59)41(31-56)68-51)66-40(49(62)63)28-36-12-5-4-6-13-36/h15-18,32-33,36,38-48,50-54,56,58-61H,4-14,19-31H2,1-3H3,(H,62,63)/t32?,33?,38?,39?,40-,41?,42?,43?,44?,45?,46?,47?,48?,50?,51?/m0/s1. The van der Waals surface area contributed by atoms with Crippen molar-refractivity contribution in [3.8, 4) is 0 Å². The molecule has 69 heavy (non-hydrogen) atoms. The maximum Gasteiger partial charge on any atom is 0.332 e. The molecule has 394 valence electrons. The Kier molecular flexibility index (Phi) is 23.3. The Balaban J connectivity index is 1.11. The number of hydrogen-bond donors (Lipinski definition) is 9. The molecule has 1 aromatic rings. The molecule has 6 rings (SSSR count). The Morgan fingerprint density at radius 2 is 1.42 bits per heavy atom. The minimum atomic E-state index is -1.57. The number of nitrogens with one attached hydrogen (secondary N) is 3. The predicted octanol–water partition coefficient (Wildman–Crippen LogP) is 2.23. The Bertz CT molecular complexity index is 1630. The van der Waals surface area contributed by atoms with Crippen LogP contribution in [-0.4, -0.2) is 186 Å². The summed E-state index contributed by atoms with van der Waals surface area (Å²) in [6.07, 6.45) is -4.43. The van der Waals surface area contributed by atoms with Crippen LogP contribution in [0.2, 0.25) is 0 Å². The number of nitrogens with zero attached hydrogens (tertiary/aromatic N) is 1. The van der Waals surface area contributed by atoms with Crippen LogP contribution in [0.15, 0.2) is 24.3 Å². The molecule has 0 spiro atoms. The molecule has 3 saturated heterocycles. The lowest BCUT2D eigenvalue weighted by molar-refractivity contribution is -0.350. The monoisotopic (exact) mass is 979 g/mol. The number of benzene rings is 1. The van der Waals surface area contributed by atoms with Crippen molar-refractivity contribution in [2.45, 2.75) is 197 Å². The van der Waals surface area contributed by atoms with E-state index >= 15 is 0 Å². The van der Waals surface area contributed by atoms with Crippen LogP contribution in [0.25, 0.3) is 0 Å². The van der Waals surface area contributed by atoms with Crippen LogP contribution in [0.3, 0.4) is 0 Å². The zero-order chi connectivity index (χ0) is 49.3. The SMILES string of the molecule is CC(=O)OC1C(OC2CC(CCCCc3ccc(CN4CCCNCCNCCCNCC4)cc3)CC(C)C2OC2OC(C)C(O)C(O)C2O)OC(CO)C(O)C1O[C@@H](CC1CCCCC1)C(=O)O. The fraction of sp³-hybridized carbons (Fsp3) is 0.843. The first-order valence-electron chi connectivity index (χ1n) is 26.2. The second kappa shape index (κ2) is 28.7. The maximum atomic E-state index is 12.7. The quantitative estimate of drug-likeness (QED) is 0.0756. The summed E-state index contributed by atoms with van der Waals surface area (Å²) in [5.41, 5.74) is 2.59. The number of carboxylic acids is 1. The minimum absolute atomic E-state index is 0.112. The highest BCUT2D eigenvalue weighted by Crippen LogP contribution is 2.40. The summed E-state index contributed by atoms with van der Waals surface area (Å²) >= 11 is 0. The number of hydrogen-bond acceptors (Lipinski definition) is 17. The van der Waals surface area contributed by atoms with Gasteiger partial charge in [0.15, 0.2) is 24.8 Å². The van der Waals surface area contributed by atoms with Gasteiger partial charge < -0.3 is 75.0 Å². The Morgan fingerprint density at radius 1 is 0.725 bits per heavy atom. The van der Waals surface area contributed by atoms with Crippen molar-refractivity contribution >= 4 is 11.9 Å². The van der Waals surface area contributed by atoms with Gasteiger partial charge in [-0.1, -0.05) is 76.1 Å². The molecule has 0 aromatic heterocycles. The summed E-state index contributed by atoms with van der Waals surface area (Å²) in [5, 5.41) is 75.0. The Hall–Kier alpha value is -2.40. The maximum absolute atomic E-state index is 12.7. The van der Waals surface area contributed by atoms with Crippen molar-refractivity contribution in [3.63, 3.8) is 0 Å². The number of esters is 1. The van der Waals surface area contributed by atoms with Gasteiger partial charge >= 0.3 is 11.9 Å². The third-order valence-electron chi connectivity index (χ3n) is 15.0. The van der Waals surface area contributed by atoms with E-state index in [1.54, 1.807) is 6.92 Å². The van der Waals surface area contributed by atoms with E-state index in [1.807, 2.05) is 6.92 Å². The molecule has 1 aromatic carbocycles. The Morgan fingerprint density at radius 3 is 2.12 bits per heavy atom. The number of aliphatic hydroxyl groups excluding tert-OH is 5. The summed E-state index contributed by atoms with van der Waals surface area (Å²) in [6.45, 7) is 13.1. The van der Waals surface area contributed by atoms with E-state index in [1.165, 1.54) is 18.1 Å². The lowest BCUT2D eigenvalue weighted by Gasteiger charge is -2.48. The van der Waals surface area contributed by atoms with E-state index in [9.17, 15) is 40.2 Å². The van der Waals surface area contributed by atoms with E-state index < -0.39 is 98.3 Å². The van der Waals surface area contributed by atoms with Crippen molar-refractivity contribution < 1.29 is 68.6 Å². The van der Waals surface area contributed by atoms with Crippen molar-refractivity contribution in [2.24, 2.45) is 17.8 Å². The van der Waals surface area contributed by atoms with Crippen LogP contribution in [0.5, 0.6) is 0 Å². The van der Waals surface area contributed by atoms with Gasteiger partial charge in [-0.3, -0.25) is 9.69 Å². The van der Waals surface area contributed by atoms with Crippen LogP contribution in [0.1, 0.15) is 115 Å². The van der Waals surface area contributed by atoms with Crippen LogP contribution in [0, 0.1) is 17.8 Å². The number of aliphatic hydroxyl groups is 5. The van der Waals surface area contributed by atoms with Crippen molar-refractivity contribution in [2.75, 3.05) is 59.0 Å². The highest BCUT2D eigenvalue weighted by atomic mass is 16.7. The normalized spacial score (nSPS) is 35.7. The first kappa shape index (κ1) is 55.9. The van der Waals surface area contributed by atoms with Gasteiger partial charge in [0, 0.05) is 39.6 Å². The molecule has 18 heteroatoms. The fourth-order valence-corrected chi connectivity index (χ4v) is 11.0. The number of carboxylic acid groups (broad SMARTS) is 1. The summed E-state index contributed by atoms with van der Waals surface area (Å²) in [5.74, 6) is -1.86. The molecule has 9 N–H and O–H groups in total. The number of unbranched alkanes of at least 4 members (excludes halogenated alkanes) is 1.